The molecule has 7 heteroatoms. The molecule has 4 nitrogen and oxygen atoms in total. The standard InChI is InChI=1S/C21H22F3NO3/c22-21(23,24)17-4-2-1-3-15(17)12-25-13-20(7-9-26-10-8-20)16-5-6-18-19(11-16)28-14-27-18/h1-6,11,25H,7-10,12-14H2. The summed E-state index contributed by atoms with van der Waals surface area (Å²) in [6.07, 6.45) is -2.77. The average Bonchev–Trinajstić information content (AvgIpc) is 3.16. The Balaban J connectivity index is 1.52. The minimum Gasteiger partial charge on any atom is -0.454 e. The van der Waals surface area contributed by atoms with Gasteiger partial charge in [0, 0.05) is 31.7 Å². The highest BCUT2D eigenvalue weighted by Crippen LogP contribution is 2.40. The molecule has 2 aliphatic rings. The van der Waals surface area contributed by atoms with Gasteiger partial charge in [0.15, 0.2) is 11.5 Å². The van der Waals surface area contributed by atoms with Crippen LogP contribution in [0.2, 0.25) is 0 Å². The van der Waals surface area contributed by atoms with E-state index in [0.717, 1.165) is 30.2 Å². The van der Waals surface area contributed by atoms with Gasteiger partial charge in [-0.3, -0.25) is 0 Å². The summed E-state index contributed by atoms with van der Waals surface area (Å²) < 4.78 is 56.1. The third-order valence-electron chi connectivity index (χ3n) is 5.54. The van der Waals surface area contributed by atoms with Gasteiger partial charge in [-0.15, -0.1) is 0 Å². The van der Waals surface area contributed by atoms with Crippen molar-refractivity contribution < 1.29 is 27.4 Å². The molecule has 1 saturated heterocycles. The van der Waals surface area contributed by atoms with E-state index in [1.54, 1.807) is 6.07 Å². The molecule has 0 radical (unpaired) electrons. The second kappa shape index (κ2) is 7.64. The summed E-state index contributed by atoms with van der Waals surface area (Å²) in [7, 11) is 0. The lowest BCUT2D eigenvalue weighted by Gasteiger charge is -2.38. The summed E-state index contributed by atoms with van der Waals surface area (Å²) in [5.74, 6) is 1.43. The summed E-state index contributed by atoms with van der Waals surface area (Å²) in [5.41, 5.74) is 0.540. The van der Waals surface area contributed by atoms with Crippen LogP contribution in [0.15, 0.2) is 42.5 Å². The maximum absolute atomic E-state index is 13.2. The summed E-state index contributed by atoms with van der Waals surface area (Å²) >= 11 is 0. The number of ether oxygens (including phenoxy) is 3. The Kier molecular flexibility index (Phi) is 5.21. The first kappa shape index (κ1) is 19.1. The molecular weight excluding hydrogens is 371 g/mol. The maximum atomic E-state index is 13.2. The smallest absolute Gasteiger partial charge is 0.416 e. The van der Waals surface area contributed by atoms with Crippen LogP contribution >= 0.6 is 0 Å². The van der Waals surface area contributed by atoms with E-state index >= 15 is 0 Å². The van der Waals surface area contributed by atoms with Crippen molar-refractivity contribution in [3.63, 3.8) is 0 Å². The summed E-state index contributed by atoms with van der Waals surface area (Å²) in [5, 5.41) is 3.26. The molecule has 0 bridgehead atoms. The molecule has 0 aromatic heterocycles. The zero-order valence-electron chi connectivity index (χ0n) is 15.3. The molecule has 2 heterocycles. The number of rotatable bonds is 5. The Morgan fingerprint density at radius 3 is 2.50 bits per heavy atom. The lowest BCUT2D eigenvalue weighted by atomic mass is 9.74. The van der Waals surface area contributed by atoms with E-state index in [0.29, 0.717) is 25.5 Å². The van der Waals surface area contributed by atoms with Crippen LogP contribution in [0.25, 0.3) is 0 Å². The topological polar surface area (TPSA) is 39.7 Å². The van der Waals surface area contributed by atoms with Gasteiger partial charge in [-0.2, -0.15) is 13.2 Å². The number of halogens is 3. The Morgan fingerprint density at radius 2 is 1.71 bits per heavy atom. The van der Waals surface area contributed by atoms with Gasteiger partial charge in [0.2, 0.25) is 6.79 Å². The second-order valence-electron chi connectivity index (χ2n) is 7.22. The van der Waals surface area contributed by atoms with Gasteiger partial charge in [0.1, 0.15) is 0 Å². The molecule has 0 amide bonds. The number of alkyl halides is 3. The number of hydrogen-bond donors (Lipinski definition) is 1. The van der Waals surface area contributed by atoms with Crippen molar-refractivity contribution in [3.05, 3.63) is 59.2 Å². The Morgan fingerprint density at radius 1 is 0.964 bits per heavy atom. The minimum absolute atomic E-state index is 0.156. The minimum atomic E-state index is -4.36. The van der Waals surface area contributed by atoms with Gasteiger partial charge in [0.05, 0.1) is 5.56 Å². The summed E-state index contributed by atoms with van der Waals surface area (Å²) in [4.78, 5) is 0. The van der Waals surface area contributed by atoms with Gasteiger partial charge < -0.3 is 19.5 Å². The van der Waals surface area contributed by atoms with Crippen LogP contribution in [0.3, 0.4) is 0 Å². The van der Waals surface area contributed by atoms with Crippen LogP contribution < -0.4 is 14.8 Å². The van der Waals surface area contributed by atoms with Gasteiger partial charge in [0.25, 0.3) is 0 Å². The van der Waals surface area contributed by atoms with E-state index in [2.05, 4.69) is 5.32 Å². The van der Waals surface area contributed by atoms with E-state index in [9.17, 15) is 13.2 Å². The third kappa shape index (κ3) is 3.82. The van der Waals surface area contributed by atoms with Gasteiger partial charge >= 0.3 is 6.18 Å². The number of fused-ring (bicyclic) bond motifs is 1. The average molecular weight is 393 g/mol. The van der Waals surface area contributed by atoms with Crippen LogP contribution in [0, 0.1) is 0 Å². The largest absolute Gasteiger partial charge is 0.454 e. The number of hydrogen-bond acceptors (Lipinski definition) is 4. The van der Waals surface area contributed by atoms with E-state index in [4.69, 9.17) is 14.2 Å². The zero-order valence-corrected chi connectivity index (χ0v) is 15.3. The Hall–Kier alpha value is -2.25. The lowest BCUT2D eigenvalue weighted by Crippen LogP contribution is -2.42. The molecule has 2 aliphatic heterocycles. The molecule has 0 unspecified atom stereocenters. The molecule has 0 saturated carbocycles. The van der Waals surface area contributed by atoms with Gasteiger partial charge in [-0.05, 0) is 42.2 Å². The van der Waals surface area contributed by atoms with Crippen LogP contribution in [-0.4, -0.2) is 26.6 Å². The fourth-order valence-electron chi connectivity index (χ4n) is 3.94. The fraction of sp³-hybridized carbons (Fsp3) is 0.429. The lowest BCUT2D eigenvalue weighted by molar-refractivity contribution is -0.138. The molecular formula is C21H22F3NO3. The molecule has 0 atom stereocenters. The highest BCUT2D eigenvalue weighted by Gasteiger charge is 2.36. The van der Waals surface area contributed by atoms with Gasteiger partial charge in [-0.1, -0.05) is 24.3 Å². The quantitative estimate of drug-likeness (QED) is 0.824. The van der Waals surface area contributed by atoms with E-state index < -0.39 is 11.7 Å². The summed E-state index contributed by atoms with van der Waals surface area (Å²) in [6.45, 7) is 2.16. The summed E-state index contributed by atoms with van der Waals surface area (Å²) in [6, 6.07) is 11.6. The van der Waals surface area contributed by atoms with Crippen LogP contribution in [0.5, 0.6) is 11.5 Å². The highest BCUT2D eigenvalue weighted by molar-refractivity contribution is 5.47. The first-order valence-corrected chi connectivity index (χ1v) is 9.32. The van der Waals surface area contributed by atoms with E-state index in [1.165, 1.54) is 12.1 Å². The predicted molar refractivity (Wildman–Crippen MR) is 97.4 cm³/mol. The molecule has 0 spiro atoms. The highest BCUT2D eigenvalue weighted by atomic mass is 19.4. The molecule has 150 valence electrons. The van der Waals surface area contributed by atoms with Crippen molar-refractivity contribution >= 4 is 0 Å². The SMILES string of the molecule is FC(F)(F)c1ccccc1CNCC1(c2ccc3c(c2)OCO3)CCOCC1. The monoisotopic (exact) mass is 393 g/mol. The maximum Gasteiger partial charge on any atom is 0.416 e. The van der Waals surface area contributed by atoms with Crippen molar-refractivity contribution in [2.24, 2.45) is 0 Å². The molecule has 4 rings (SSSR count). The first-order valence-electron chi connectivity index (χ1n) is 9.32. The Labute approximate surface area is 161 Å². The van der Waals surface area contributed by atoms with E-state index in [1.807, 2.05) is 18.2 Å². The molecule has 1 fully saturated rings. The van der Waals surface area contributed by atoms with Crippen molar-refractivity contribution in [2.45, 2.75) is 31.0 Å². The Bertz CT molecular complexity index is 832. The zero-order chi connectivity index (χ0) is 19.6. The molecule has 0 aliphatic carbocycles. The molecule has 28 heavy (non-hydrogen) atoms. The number of benzene rings is 2. The second-order valence-corrected chi connectivity index (χ2v) is 7.22. The normalized spacial score (nSPS) is 18.2. The van der Waals surface area contributed by atoms with Crippen molar-refractivity contribution in [1.29, 1.82) is 0 Å². The van der Waals surface area contributed by atoms with Crippen LogP contribution in [0.4, 0.5) is 13.2 Å². The van der Waals surface area contributed by atoms with E-state index in [-0.39, 0.29) is 24.3 Å². The van der Waals surface area contributed by atoms with Gasteiger partial charge in [-0.25, -0.2) is 0 Å². The third-order valence-corrected chi connectivity index (χ3v) is 5.54. The molecule has 1 N–H and O–H groups in total. The first-order chi connectivity index (χ1) is 13.5. The fourth-order valence-corrected chi connectivity index (χ4v) is 3.94. The van der Waals surface area contributed by atoms with Crippen molar-refractivity contribution in [3.8, 4) is 11.5 Å². The van der Waals surface area contributed by atoms with Crippen molar-refractivity contribution in [1.82, 2.24) is 5.32 Å². The number of nitrogens with one attached hydrogen (secondary N) is 1. The van der Waals surface area contributed by atoms with Crippen LogP contribution in [0.1, 0.15) is 29.5 Å². The predicted octanol–water partition coefficient (Wildman–Crippen LogP) is 4.27. The molecule has 2 aromatic rings. The van der Waals surface area contributed by atoms with Crippen LogP contribution in [-0.2, 0) is 22.9 Å². The van der Waals surface area contributed by atoms with Crippen molar-refractivity contribution in [2.75, 3.05) is 26.6 Å². The molecule has 2 aromatic carbocycles.